The molecule has 0 radical (unpaired) electrons. The smallest absolute Gasteiger partial charge is 0.0443 e. The lowest BCUT2D eigenvalue weighted by Gasteiger charge is -2.33. The van der Waals surface area contributed by atoms with Crippen molar-refractivity contribution in [3.63, 3.8) is 0 Å². The van der Waals surface area contributed by atoms with Gasteiger partial charge in [-0.2, -0.15) is 0 Å². The Balaban J connectivity index is 2.15. The molecule has 0 amide bonds. The van der Waals surface area contributed by atoms with Crippen LogP contribution < -0.4 is 5.32 Å². The molecule has 100 valence electrons. The van der Waals surface area contributed by atoms with Gasteiger partial charge in [-0.05, 0) is 48.1 Å². The first kappa shape index (κ1) is 12.7. The Labute approximate surface area is 116 Å². The molecule has 1 N–H and O–H groups in total. The van der Waals surface area contributed by atoms with E-state index >= 15 is 0 Å². The fourth-order valence-electron chi connectivity index (χ4n) is 3.66. The van der Waals surface area contributed by atoms with Crippen LogP contribution in [0.1, 0.15) is 38.7 Å². The van der Waals surface area contributed by atoms with Gasteiger partial charge < -0.3 is 5.32 Å². The molecule has 1 aliphatic rings. The predicted octanol–water partition coefficient (Wildman–Crippen LogP) is 4.46. The van der Waals surface area contributed by atoms with Gasteiger partial charge in [-0.25, -0.2) is 0 Å². The number of hydrogen-bond donors (Lipinski definition) is 1. The molecule has 1 heterocycles. The Kier molecular flexibility index (Phi) is 3.32. The highest BCUT2D eigenvalue weighted by atomic mass is 15.0. The zero-order chi connectivity index (χ0) is 13.3. The van der Waals surface area contributed by atoms with Crippen molar-refractivity contribution in [2.45, 2.75) is 38.6 Å². The topological polar surface area (TPSA) is 12.0 Å². The average Bonchev–Trinajstić information content (AvgIpc) is 2.87. The van der Waals surface area contributed by atoms with Crippen molar-refractivity contribution < 1.29 is 0 Å². The van der Waals surface area contributed by atoms with Crippen LogP contribution in [0.3, 0.4) is 0 Å². The largest absolute Gasteiger partial charge is 0.307 e. The summed E-state index contributed by atoms with van der Waals surface area (Å²) in [6.45, 7) is 5.80. The minimum atomic E-state index is 0.190. The van der Waals surface area contributed by atoms with Crippen LogP contribution in [-0.4, -0.2) is 6.54 Å². The SMILES string of the molecule is CC(C)CC1(c2cccc3ccccc23)CCCN1. The predicted molar refractivity (Wildman–Crippen MR) is 82.3 cm³/mol. The second-order valence-electron chi connectivity index (χ2n) is 6.24. The van der Waals surface area contributed by atoms with Crippen LogP contribution in [0.25, 0.3) is 10.8 Å². The summed E-state index contributed by atoms with van der Waals surface area (Å²) in [7, 11) is 0. The highest BCUT2D eigenvalue weighted by molar-refractivity contribution is 5.86. The molecule has 1 heteroatoms. The van der Waals surface area contributed by atoms with Crippen LogP contribution in [0.2, 0.25) is 0 Å². The van der Waals surface area contributed by atoms with Gasteiger partial charge in [-0.1, -0.05) is 56.3 Å². The summed E-state index contributed by atoms with van der Waals surface area (Å²) in [6, 6.07) is 15.5. The van der Waals surface area contributed by atoms with Crippen LogP contribution in [0.4, 0.5) is 0 Å². The first-order valence-electron chi connectivity index (χ1n) is 7.44. The molecule has 0 aromatic heterocycles. The van der Waals surface area contributed by atoms with E-state index in [0.717, 1.165) is 6.54 Å². The van der Waals surface area contributed by atoms with Crippen molar-refractivity contribution in [1.82, 2.24) is 5.32 Å². The normalized spacial score (nSPS) is 23.3. The fraction of sp³-hybridized carbons (Fsp3) is 0.444. The Hall–Kier alpha value is -1.34. The molecule has 0 bridgehead atoms. The number of hydrogen-bond acceptors (Lipinski definition) is 1. The van der Waals surface area contributed by atoms with E-state index in [9.17, 15) is 0 Å². The van der Waals surface area contributed by atoms with Gasteiger partial charge in [0.15, 0.2) is 0 Å². The Morgan fingerprint density at radius 2 is 1.89 bits per heavy atom. The standard InChI is InChI=1S/C18H23N/c1-14(2)13-18(11-6-12-19-18)17-10-5-8-15-7-3-4-9-16(15)17/h3-5,7-10,14,19H,6,11-13H2,1-2H3. The third-order valence-electron chi connectivity index (χ3n) is 4.31. The van der Waals surface area contributed by atoms with E-state index in [1.165, 1.54) is 35.6 Å². The third-order valence-corrected chi connectivity index (χ3v) is 4.31. The minimum Gasteiger partial charge on any atom is -0.307 e. The van der Waals surface area contributed by atoms with E-state index in [2.05, 4.69) is 61.6 Å². The number of benzene rings is 2. The summed E-state index contributed by atoms with van der Waals surface area (Å²) in [5.41, 5.74) is 1.69. The monoisotopic (exact) mass is 253 g/mol. The van der Waals surface area contributed by atoms with Gasteiger partial charge in [0, 0.05) is 5.54 Å². The highest BCUT2D eigenvalue weighted by Crippen LogP contribution is 2.39. The summed E-state index contributed by atoms with van der Waals surface area (Å²) < 4.78 is 0. The molecule has 0 spiro atoms. The lowest BCUT2D eigenvalue weighted by atomic mass is 9.79. The Bertz CT molecular complexity index is 559. The maximum absolute atomic E-state index is 3.81. The quantitative estimate of drug-likeness (QED) is 0.851. The first-order valence-corrected chi connectivity index (χ1v) is 7.44. The minimum absolute atomic E-state index is 0.190. The maximum atomic E-state index is 3.81. The molecular formula is C18H23N. The van der Waals surface area contributed by atoms with Gasteiger partial charge in [0.05, 0.1) is 0 Å². The van der Waals surface area contributed by atoms with Crippen molar-refractivity contribution in [3.05, 3.63) is 48.0 Å². The van der Waals surface area contributed by atoms with Crippen molar-refractivity contribution in [2.24, 2.45) is 5.92 Å². The van der Waals surface area contributed by atoms with Crippen molar-refractivity contribution in [2.75, 3.05) is 6.54 Å². The fourth-order valence-corrected chi connectivity index (χ4v) is 3.66. The van der Waals surface area contributed by atoms with Gasteiger partial charge in [0.1, 0.15) is 0 Å². The van der Waals surface area contributed by atoms with Gasteiger partial charge >= 0.3 is 0 Å². The molecule has 0 aliphatic carbocycles. The summed E-state index contributed by atoms with van der Waals surface area (Å²) >= 11 is 0. The lowest BCUT2D eigenvalue weighted by Crippen LogP contribution is -2.38. The molecule has 1 saturated heterocycles. The van der Waals surface area contributed by atoms with E-state index in [0.29, 0.717) is 5.92 Å². The zero-order valence-electron chi connectivity index (χ0n) is 11.9. The molecule has 1 unspecified atom stereocenters. The molecule has 1 nitrogen and oxygen atoms in total. The first-order chi connectivity index (χ1) is 9.21. The Morgan fingerprint density at radius 1 is 1.11 bits per heavy atom. The summed E-state index contributed by atoms with van der Waals surface area (Å²) in [5.74, 6) is 0.713. The van der Waals surface area contributed by atoms with Crippen molar-refractivity contribution in [1.29, 1.82) is 0 Å². The van der Waals surface area contributed by atoms with Crippen molar-refractivity contribution in [3.8, 4) is 0 Å². The summed E-state index contributed by atoms with van der Waals surface area (Å²) in [4.78, 5) is 0. The molecule has 1 aliphatic heterocycles. The molecule has 19 heavy (non-hydrogen) atoms. The van der Waals surface area contributed by atoms with E-state index in [4.69, 9.17) is 0 Å². The van der Waals surface area contributed by atoms with Crippen LogP contribution in [0.5, 0.6) is 0 Å². The molecule has 1 atom stereocenters. The Morgan fingerprint density at radius 3 is 2.63 bits per heavy atom. The van der Waals surface area contributed by atoms with Crippen molar-refractivity contribution >= 4 is 10.8 Å². The molecular weight excluding hydrogens is 230 g/mol. The van der Waals surface area contributed by atoms with E-state index in [1.807, 2.05) is 0 Å². The average molecular weight is 253 g/mol. The number of fused-ring (bicyclic) bond motifs is 1. The number of nitrogens with one attached hydrogen (secondary N) is 1. The van der Waals surface area contributed by atoms with Gasteiger partial charge in [-0.15, -0.1) is 0 Å². The van der Waals surface area contributed by atoms with Gasteiger partial charge in [-0.3, -0.25) is 0 Å². The molecule has 0 saturated carbocycles. The van der Waals surface area contributed by atoms with Crippen LogP contribution in [0, 0.1) is 5.92 Å². The maximum Gasteiger partial charge on any atom is 0.0443 e. The van der Waals surface area contributed by atoms with E-state index in [1.54, 1.807) is 0 Å². The number of rotatable bonds is 3. The molecule has 2 aromatic rings. The zero-order valence-corrected chi connectivity index (χ0v) is 11.9. The molecule has 1 fully saturated rings. The second-order valence-corrected chi connectivity index (χ2v) is 6.24. The second kappa shape index (κ2) is 4.97. The van der Waals surface area contributed by atoms with Crippen LogP contribution in [-0.2, 0) is 5.54 Å². The third kappa shape index (κ3) is 2.28. The van der Waals surface area contributed by atoms with Gasteiger partial charge in [0.25, 0.3) is 0 Å². The van der Waals surface area contributed by atoms with Crippen LogP contribution in [0.15, 0.2) is 42.5 Å². The van der Waals surface area contributed by atoms with Crippen LogP contribution >= 0.6 is 0 Å². The summed E-state index contributed by atoms with van der Waals surface area (Å²) in [6.07, 6.45) is 3.77. The van der Waals surface area contributed by atoms with E-state index < -0.39 is 0 Å². The molecule has 2 aromatic carbocycles. The molecule has 3 rings (SSSR count). The van der Waals surface area contributed by atoms with E-state index in [-0.39, 0.29) is 5.54 Å². The lowest BCUT2D eigenvalue weighted by molar-refractivity contribution is 0.313. The van der Waals surface area contributed by atoms with Gasteiger partial charge in [0.2, 0.25) is 0 Å². The highest BCUT2D eigenvalue weighted by Gasteiger charge is 2.36. The summed E-state index contributed by atoms with van der Waals surface area (Å²) in [5, 5.41) is 6.58.